The fourth-order valence-corrected chi connectivity index (χ4v) is 4.90. The van der Waals surface area contributed by atoms with E-state index >= 15 is 0 Å². The van der Waals surface area contributed by atoms with Crippen LogP contribution in [0.25, 0.3) is 11.2 Å². The zero-order valence-corrected chi connectivity index (χ0v) is 16.7. The van der Waals surface area contributed by atoms with Crippen molar-refractivity contribution in [1.29, 1.82) is 0 Å². The summed E-state index contributed by atoms with van der Waals surface area (Å²) in [7, 11) is 0. The lowest BCUT2D eigenvalue weighted by Gasteiger charge is -2.45. The standard InChI is InChI=1S/C23H27N5O/c29-22(27-11-5-9-23(16-27)8-4-10-24-15-23)19-12-20-21(25-13-19)28(17-26-20)14-18-6-2-1-3-7-18/h1-3,6-7,12-13,17,24H,4-5,8-11,14-16H2. The molecule has 3 aromatic rings. The average molecular weight is 390 g/mol. The van der Waals surface area contributed by atoms with Gasteiger partial charge in [-0.05, 0) is 43.9 Å². The molecule has 0 saturated carbocycles. The highest BCUT2D eigenvalue weighted by molar-refractivity contribution is 5.96. The molecular formula is C23H27N5O. The number of fused-ring (bicyclic) bond motifs is 1. The number of amides is 1. The van der Waals surface area contributed by atoms with E-state index in [1.807, 2.05) is 40.1 Å². The van der Waals surface area contributed by atoms with Crippen molar-refractivity contribution < 1.29 is 4.79 Å². The number of aromatic nitrogens is 3. The highest BCUT2D eigenvalue weighted by Gasteiger charge is 2.38. The number of imidazole rings is 1. The third-order valence-corrected chi connectivity index (χ3v) is 6.41. The van der Waals surface area contributed by atoms with Crippen molar-refractivity contribution in [3.63, 3.8) is 0 Å². The van der Waals surface area contributed by atoms with Crippen LogP contribution in [0, 0.1) is 5.41 Å². The largest absolute Gasteiger partial charge is 0.338 e. The summed E-state index contributed by atoms with van der Waals surface area (Å²) < 4.78 is 2.03. The van der Waals surface area contributed by atoms with Gasteiger partial charge >= 0.3 is 0 Å². The molecule has 150 valence electrons. The Morgan fingerprint density at radius 3 is 2.83 bits per heavy atom. The SMILES string of the molecule is O=C(c1cnc2c(c1)ncn2Cc1ccccc1)N1CCCC2(CCCNC2)C1. The first-order chi connectivity index (χ1) is 14.2. The van der Waals surface area contributed by atoms with Crippen molar-refractivity contribution in [3.8, 4) is 0 Å². The summed E-state index contributed by atoms with van der Waals surface area (Å²) in [5.41, 5.74) is 3.69. The molecule has 2 fully saturated rings. The molecule has 4 heterocycles. The summed E-state index contributed by atoms with van der Waals surface area (Å²) in [4.78, 5) is 24.3. The maximum atomic E-state index is 13.2. The number of benzene rings is 1. The second kappa shape index (κ2) is 7.59. The minimum Gasteiger partial charge on any atom is -0.338 e. The number of carbonyl (C=O) groups excluding carboxylic acids is 1. The van der Waals surface area contributed by atoms with E-state index in [4.69, 9.17) is 0 Å². The van der Waals surface area contributed by atoms with Gasteiger partial charge in [-0.25, -0.2) is 9.97 Å². The molecule has 2 aliphatic rings. The van der Waals surface area contributed by atoms with E-state index in [1.54, 1.807) is 6.20 Å². The van der Waals surface area contributed by atoms with Crippen LogP contribution in [0.2, 0.25) is 0 Å². The van der Waals surface area contributed by atoms with Crippen LogP contribution in [0.1, 0.15) is 41.6 Å². The zero-order chi connectivity index (χ0) is 19.7. The lowest BCUT2D eigenvalue weighted by molar-refractivity contribution is 0.0434. The number of hydrogen-bond acceptors (Lipinski definition) is 4. The summed E-state index contributed by atoms with van der Waals surface area (Å²) in [6.45, 7) is 4.53. The van der Waals surface area contributed by atoms with Crippen LogP contribution in [-0.2, 0) is 6.54 Å². The van der Waals surface area contributed by atoms with Gasteiger partial charge in [-0.15, -0.1) is 0 Å². The number of pyridine rings is 1. The molecule has 1 amide bonds. The number of likely N-dealkylation sites (tertiary alicyclic amines) is 1. The normalized spacial score (nSPS) is 22.3. The molecule has 5 rings (SSSR count). The lowest BCUT2D eigenvalue weighted by Crippen LogP contribution is -2.52. The molecule has 2 saturated heterocycles. The second-order valence-corrected chi connectivity index (χ2v) is 8.54. The van der Waals surface area contributed by atoms with Gasteiger partial charge in [0.15, 0.2) is 5.65 Å². The predicted octanol–water partition coefficient (Wildman–Crippen LogP) is 3.09. The van der Waals surface area contributed by atoms with Gasteiger partial charge in [0, 0.05) is 31.2 Å². The van der Waals surface area contributed by atoms with Crippen LogP contribution in [0.4, 0.5) is 0 Å². The molecule has 2 aliphatic heterocycles. The third kappa shape index (κ3) is 3.65. The van der Waals surface area contributed by atoms with Crippen molar-refractivity contribution in [1.82, 2.24) is 24.8 Å². The molecule has 1 spiro atoms. The molecule has 1 unspecified atom stereocenters. The number of hydrogen-bond donors (Lipinski definition) is 1. The van der Waals surface area contributed by atoms with Crippen molar-refractivity contribution >= 4 is 17.1 Å². The van der Waals surface area contributed by atoms with E-state index in [2.05, 4.69) is 27.4 Å². The Labute approximate surface area is 171 Å². The monoisotopic (exact) mass is 389 g/mol. The van der Waals surface area contributed by atoms with Gasteiger partial charge in [-0.1, -0.05) is 30.3 Å². The van der Waals surface area contributed by atoms with Crippen LogP contribution in [0.15, 0.2) is 48.9 Å². The van der Waals surface area contributed by atoms with Crippen molar-refractivity contribution in [2.24, 2.45) is 5.41 Å². The molecule has 6 nitrogen and oxygen atoms in total. The molecule has 0 aliphatic carbocycles. The lowest BCUT2D eigenvalue weighted by atomic mass is 9.74. The zero-order valence-electron chi connectivity index (χ0n) is 16.7. The fraction of sp³-hybridized carbons (Fsp3) is 0.435. The van der Waals surface area contributed by atoms with Gasteiger partial charge < -0.3 is 14.8 Å². The van der Waals surface area contributed by atoms with Crippen molar-refractivity contribution in [2.75, 3.05) is 26.2 Å². The molecule has 1 aromatic carbocycles. The van der Waals surface area contributed by atoms with Crippen LogP contribution in [0.3, 0.4) is 0 Å². The van der Waals surface area contributed by atoms with Crippen LogP contribution in [0.5, 0.6) is 0 Å². The highest BCUT2D eigenvalue weighted by atomic mass is 16.2. The van der Waals surface area contributed by atoms with E-state index in [-0.39, 0.29) is 11.3 Å². The Bertz CT molecular complexity index is 1000. The minimum atomic E-state index is 0.0849. The quantitative estimate of drug-likeness (QED) is 0.748. The van der Waals surface area contributed by atoms with Crippen LogP contribution < -0.4 is 5.32 Å². The first kappa shape index (κ1) is 18.3. The van der Waals surface area contributed by atoms with Gasteiger partial charge in [0.25, 0.3) is 5.91 Å². The summed E-state index contributed by atoms with van der Waals surface area (Å²) in [6.07, 6.45) is 8.23. The van der Waals surface area contributed by atoms with Crippen molar-refractivity contribution in [2.45, 2.75) is 32.2 Å². The van der Waals surface area contributed by atoms with E-state index in [1.165, 1.54) is 24.8 Å². The highest BCUT2D eigenvalue weighted by Crippen LogP contribution is 2.36. The number of carbonyl (C=O) groups is 1. The maximum absolute atomic E-state index is 13.2. The second-order valence-electron chi connectivity index (χ2n) is 8.54. The molecule has 0 bridgehead atoms. The molecule has 1 N–H and O–H groups in total. The van der Waals surface area contributed by atoms with Crippen LogP contribution >= 0.6 is 0 Å². The number of rotatable bonds is 3. The molecule has 6 heteroatoms. The summed E-state index contributed by atoms with van der Waals surface area (Å²) in [5.74, 6) is 0.0849. The average Bonchev–Trinajstić information content (AvgIpc) is 3.16. The molecule has 29 heavy (non-hydrogen) atoms. The fourth-order valence-electron chi connectivity index (χ4n) is 4.90. The van der Waals surface area contributed by atoms with Gasteiger partial charge in [-0.3, -0.25) is 4.79 Å². The number of nitrogens with zero attached hydrogens (tertiary/aromatic N) is 4. The van der Waals surface area contributed by atoms with Gasteiger partial charge in [0.1, 0.15) is 5.52 Å². The predicted molar refractivity (Wildman–Crippen MR) is 113 cm³/mol. The third-order valence-electron chi connectivity index (χ3n) is 6.41. The van der Waals surface area contributed by atoms with Crippen LogP contribution in [-0.4, -0.2) is 51.5 Å². The van der Waals surface area contributed by atoms with Crippen molar-refractivity contribution in [3.05, 3.63) is 60.0 Å². The number of nitrogens with one attached hydrogen (secondary N) is 1. The van der Waals surface area contributed by atoms with E-state index in [9.17, 15) is 4.79 Å². The summed E-state index contributed by atoms with van der Waals surface area (Å²) >= 11 is 0. The smallest absolute Gasteiger partial charge is 0.255 e. The summed E-state index contributed by atoms with van der Waals surface area (Å²) in [5, 5.41) is 3.53. The Kier molecular flexibility index (Phi) is 4.79. The topological polar surface area (TPSA) is 63.1 Å². The Morgan fingerprint density at radius 1 is 1.14 bits per heavy atom. The van der Waals surface area contributed by atoms with E-state index < -0.39 is 0 Å². The van der Waals surface area contributed by atoms with Gasteiger partial charge in [0.05, 0.1) is 18.4 Å². The van der Waals surface area contributed by atoms with Gasteiger partial charge in [0.2, 0.25) is 0 Å². The maximum Gasteiger partial charge on any atom is 0.255 e. The number of piperidine rings is 2. The first-order valence-electron chi connectivity index (χ1n) is 10.6. The minimum absolute atomic E-state index is 0.0849. The molecule has 2 aromatic heterocycles. The summed E-state index contributed by atoms with van der Waals surface area (Å²) in [6, 6.07) is 12.2. The van der Waals surface area contributed by atoms with E-state index in [0.717, 1.165) is 50.3 Å². The molecule has 1 atom stereocenters. The molecule has 0 radical (unpaired) electrons. The Hall–Kier alpha value is -2.73. The Balaban J connectivity index is 1.35. The Morgan fingerprint density at radius 2 is 2.00 bits per heavy atom. The van der Waals surface area contributed by atoms with E-state index in [0.29, 0.717) is 5.56 Å². The molecular weight excluding hydrogens is 362 g/mol. The van der Waals surface area contributed by atoms with Gasteiger partial charge in [-0.2, -0.15) is 0 Å². The first-order valence-corrected chi connectivity index (χ1v) is 10.6.